The highest BCUT2D eigenvalue weighted by molar-refractivity contribution is 6.06. The fourth-order valence-electron chi connectivity index (χ4n) is 4.58. The summed E-state index contributed by atoms with van der Waals surface area (Å²) in [7, 11) is 0. The molecule has 2 fully saturated rings. The maximum absolute atomic E-state index is 13.2. The van der Waals surface area contributed by atoms with Gasteiger partial charge in [0.2, 0.25) is 0 Å². The monoisotopic (exact) mass is 480 g/mol. The predicted molar refractivity (Wildman–Crippen MR) is 134 cm³/mol. The van der Waals surface area contributed by atoms with Crippen molar-refractivity contribution < 1.29 is 19.2 Å². The van der Waals surface area contributed by atoms with E-state index in [0.717, 1.165) is 51.1 Å². The second kappa shape index (κ2) is 10.9. The van der Waals surface area contributed by atoms with Crippen LogP contribution in [0.4, 0.5) is 17.1 Å². The van der Waals surface area contributed by atoms with Crippen molar-refractivity contribution in [2.75, 3.05) is 36.5 Å². The zero-order valence-electron chi connectivity index (χ0n) is 20.2. The van der Waals surface area contributed by atoms with E-state index in [9.17, 15) is 19.7 Å². The first-order valence-electron chi connectivity index (χ1n) is 12.2. The lowest BCUT2D eigenvalue weighted by atomic mass is 9.97. The van der Waals surface area contributed by atoms with Crippen LogP contribution in [0.3, 0.4) is 0 Å². The maximum atomic E-state index is 13.2. The number of ether oxygens (including phenoxy) is 1. The number of carbonyl (C=O) groups excluding carboxylic acids is 2. The van der Waals surface area contributed by atoms with Gasteiger partial charge in [0.15, 0.2) is 0 Å². The number of anilines is 2. The molecule has 9 heteroatoms. The van der Waals surface area contributed by atoms with Crippen LogP contribution in [0.2, 0.25) is 0 Å². The number of nitro benzene ring substituents is 1. The average molecular weight is 481 g/mol. The third-order valence-corrected chi connectivity index (χ3v) is 6.81. The summed E-state index contributed by atoms with van der Waals surface area (Å²) in [5.74, 6) is -0.0327. The molecule has 9 nitrogen and oxygen atoms in total. The van der Waals surface area contributed by atoms with E-state index in [2.05, 4.69) is 22.5 Å². The molecule has 0 aliphatic carbocycles. The normalized spacial score (nSPS) is 18.3. The van der Waals surface area contributed by atoms with E-state index >= 15 is 0 Å². The van der Waals surface area contributed by atoms with Gasteiger partial charge >= 0.3 is 0 Å². The first-order valence-corrected chi connectivity index (χ1v) is 12.2. The minimum absolute atomic E-state index is 0.0263. The summed E-state index contributed by atoms with van der Waals surface area (Å²) in [4.78, 5) is 39.0. The lowest BCUT2D eigenvalue weighted by Crippen LogP contribution is -2.36. The number of amides is 2. The molecule has 2 aromatic rings. The van der Waals surface area contributed by atoms with Crippen molar-refractivity contribution in [3.05, 3.63) is 63.2 Å². The van der Waals surface area contributed by atoms with E-state index in [-0.39, 0.29) is 23.3 Å². The van der Waals surface area contributed by atoms with Gasteiger partial charge in [-0.05, 0) is 62.8 Å². The first kappa shape index (κ1) is 24.7. The Hall–Kier alpha value is -3.46. The van der Waals surface area contributed by atoms with E-state index in [1.807, 2.05) is 6.07 Å². The van der Waals surface area contributed by atoms with Gasteiger partial charge < -0.3 is 20.3 Å². The van der Waals surface area contributed by atoms with Crippen molar-refractivity contribution >= 4 is 28.9 Å². The molecule has 0 bridgehead atoms. The smallest absolute Gasteiger partial charge is 0.273 e. The Kier molecular flexibility index (Phi) is 7.65. The molecule has 2 aromatic carbocycles. The molecule has 0 aromatic heterocycles. The van der Waals surface area contributed by atoms with Gasteiger partial charge in [0.1, 0.15) is 0 Å². The summed E-state index contributed by atoms with van der Waals surface area (Å²) in [6, 6.07) is 9.68. The number of rotatable bonds is 7. The van der Waals surface area contributed by atoms with Crippen LogP contribution in [0.15, 0.2) is 36.4 Å². The van der Waals surface area contributed by atoms with Gasteiger partial charge in [0.05, 0.1) is 16.6 Å². The summed E-state index contributed by atoms with van der Waals surface area (Å²) in [6.45, 7) is 6.76. The molecule has 4 rings (SSSR count). The number of piperidine rings is 1. The van der Waals surface area contributed by atoms with Crippen LogP contribution in [-0.2, 0) is 4.74 Å². The molecule has 2 N–H and O–H groups in total. The summed E-state index contributed by atoms with van der Waals surface area (Å²) < 4.78 is 5.63. The molecule has 1 atom stereocenters. The Morgan fingerprint density at radius 1 is 1.11 bits per heavy atom. The highest BCUT2D eigenvalue weighted by Crippen LogP contribution is 2.29. The van der Waals surface area contributed by atoms with Crippen molar-refractivity contribution in [3.8, 4) is 0 Å². The Labute approximate surface area is 205 Å². The van der Waals surface area contributed by atoms with Crippen molar-refractivity contribution in [1.82, 2.24) is 5.32 Å². The first-order chi connectivity index (χ1) is 16.8. The summed E-state index contributed by atoms with van der Waals surface area (Å²) >= 11 is 0. The second-order valence-corrected chi connectivity index (χ2v) is 9.46. The quantitative estimate of drug-likeness (QED) is 0.451. The average Bonchev–Trinajstić information content (AvgIpc) is 3.37. The van der Waals surface area contributed by atoms with Gasteiger partial charge in [-0.3, -0.25) is 19.7 Å². The van der Waals surface area contributed by atoms with Gasteiger partial charge in [0.25, 0.3) is 17.5 Å². The maximum Gasteiger partial charge on any atom is 0.273 e. The predicted octanol–water partition coefficient (Wildman–Crippen LogP) is 4.30. The van der Waals surface area contributed by atoms with Crippen molar-refractivity contribution in [2.45, 2.75) is 45.6 Å². The topological polar surface area (TPSA) is 114 Å². The van der Waals surface area contributed by atoms with Gasteiger partial charge in [-0.25, -0.2) is 0 Å². The standard InChI is InChI=1S/C26H32N4O5/c1-17-9-11-29(12-10-17)23-8-7-20(15-22(23)26(32)27-16-21-4-3-13-35-21)28-25(31)19-6-5-18(2)24(14-19)30(33)34/h5-8,14-15,17,21H,3-4,9-13,16H2,1-2H3,(H,27,32)(H,28,31). The zero-order chi connectivity index (χ0) is 24.9. The number of carbonyl (C=O) groups is 2. The number of aryl methyl sites for hydroxylation is 1. The number of hydrogen-bond donors (Lipinski definition) is 2. The van der Waals surface area contributed by atoms with Crippen LogP contribution < -0.4 is 15.5 Å². The fraction of sp³-hybridized carbons (Fsp3) is 0.462. The van der Waals surface area contributed by atoms with Crippen LogP contribution in [0.1, 0.15) is 58.9 Å². The second-order valence-electron chi connectivity index (χ2n) is 9.46. The summed E-state index contributed by atoms with van der Waals surface area (Å²) in [5.41, 5.74) is 2.34. The van der Waals surface area contributed by atoms with Crippen LogP contribution >= 0.6 is 0 Å². The molecule has 0 spiro atoms. The third-order valence-electron chi connectivity index (χ3n) is 6.81. The van der Waals surface area contributed by atoms with Crippen LogP contribution in [-0.4, -0.2) is 49.1 Å². The van der Waals surface area contributed by atoms with E-state index in [4.69, 9.17) is 4.74 Å². The van der Waals surface area contributed by atoms with Gasteiger partial charge in [-0.2, -0.15) is 0 Å². The molecule has 2 aliphatic rings. The highest BCUT2D eigenvalue weighted by atomic mass is 16.6. The number of benzene rings is 2. The molecule has 1 unspecified atom stereocenters. The minimum Gasteiger partial charge on any atom is -0.376 e. The van der Waals surface area contributed by atoms with Gasteiger partial charge in [-0.1, -0.05) is 13.0 Å². The number of nitrogens with zero attached hydrogens (tertiary/aromatic N) is 2. The fourth-order valence-corrected chi connectivity index (χ4v) is 4.58. The molecule has 0 saturated carbocycles. The van der Waals surface area contributed by atoms with Crippen molar-refractivity contribution in [1.29, 1.82) is 0 Å². The Morgan fingerprint density at radius 2 is 1.89 bits per heavy atom. The molecular weight excluding hydrogens is 448 g/mol. The number of nitrogens with one attached hydrogen (secondary N) is 2. The number of hydrogen-bond acceptors (Lipinski definition) is 6. The molecule has 2 aliphatic heterocycles. The molecule has 35 heavy (non-hydrogen) atoms. The molecular formula is C26H32N4O5. The SMILES string of the molecule is Cc1ccc(C(=O)Nc2ccc(N3CCC(C)CC3)c(C(=O)NCC3CCCO3)c2)cc1[N+](=O)[O-]. The van der Waals surface area contributed by atoms with Crippen LogP contribution in [0.25, 0.3) is 0 Å². The van der Waals surface area contributed by atoms with Crippen LogP contribution in [0.5, 0.6) is 0 Å². The third kappa shape index (κ3) is 5.97. The summed E-state index contributed by atoms with van der Waals surface area (Å²) in [6.07, 6.45) is 4.06. The van der Waals surface area contributed by atoms with Crippen molar-refractivity contribution in [3.63, 3.8) is 0 Å². The lowest BCUT2D eigenvalue weighted by molar-refractivity contribution is -0.385. The molecule has 2 heterocycles. The van der Waals surface area contributed by atoms with Crippen LogP contribution in [0, 0.1) is 23.0 Å². The Balaban J connectivity index is 1.56. The lowest BCUT2D eigenvalue weighted by Gasteiger charge is -2.33. The Bertz CT molecular complexity index is 1100. The van der Waals surface area contributed by atoms with E-state index in [1.165, 1.54) is 6.07 Å². The van der Waals surface area contributed by atoms with Crippen molar-refractivity contribution in [2.24, 2.45) is 5.92 Å². The Morgan fingerprint density at radius 3 is 2.57 bits per heavy atom. The van der Waals surface area contributed by atoms with Gasteiger partial charge in [-0.15, -0.1) is 0 Å². The molecule has 0 radical (unpaired) electrons. The molecule has 186 valence electrons. The number of nitro groups is 1. The van der Waals surface area contributed by atoms with E-state index < -0.39 is 10.8 Å². The largest absolute Gasteiger partial charge is 0.376 e. The van der Waals surface area contributed by atoms with E-state index in [0.29, 0.717) is 29.3 Å². The molecule has 2 saturated heterocycles. The molecule has 2 amide bonds. The van der Waals surface area contributed by atoms with Gasteiger partial charge in [0, 0.05) is 54.8 Å². The highest BCUT2D eigenvalue weighted by Gasteiger charge is 2.24. The van der Waals surface area contributed by atoms with E-state index in [1.54, 1.807) is 31.2 Å². The minimum atomic E-state index is -0.503. The summed E-state index contributed by atoms with van der Waals surface area (Å²) in [5, 5.41) is 17.0. The zero-order valence-corrected chi connectivity index (χ0v) is 20.2.